The van der Waals surface area contributed by atoms with Crippen LogP contribution in [-0.2, 0) is 89.3 Å². The molecule has 1 unspecified atom stereocenters. The van der Waals surface area contributed by atoms with Crippen LogP contribution in [0.15, 0.2) is 91.0 Å². The number of hydrogen-bond donors (Lipinski definition) is 15. The van der Waals surface area contributed by atoms with Gasteiger partial charge in [0.2, 0.25) is 29.9 Å². The average molecular weight is 1940 g/mol. The number of nitrogens with zero attached hydrogens (tertiary/aromatic N) is 4. The molecule has 45 nitrogen and oxygen atoms in total. The average Bonchev–Trinajstić information content (AvgIpc) is 1.65. The minimum absolute atomic E-state index is 0.000683. The zero-order chi connectivity index (χ0) is 99.3. The van der Waals surface area contributed by atoms with E-state index >= 15 is 4.79 Å². The number of carbonyl (C=O) groups excluding carboxylic acids is 9. The Hall–Kier alpha value is -12.1. The van der Waals surface area contributed by atoms with Crippen LogP contribution in [0.1, 0.15) is 117 Å². The maximum absolute atomic E-state index is 15.1. The lowest BCUT2D eigenvalue weighted by Gasteiger charge is -2.38. The van der Waals surface area contributed by atoms with Gasteiger partial charge in [-0.15, -0.1) is 11.8 Å². The number of methoxy groups -OCH3 is 2. The zero-order valence-electron chi connectivity index (χ0n) is 76.8. The first kappa shape index (κ1) is 105. The Kier molecular flexibility index (Phi) is 37.2. The van der Waals surface area contributed by atoms with Crippen molar-refractivity contribution in [3.8, 4) is 40.6 Å². The van der Waals surface area contributed by atoms with Gasteiger partial charge in [-0.2, -0.15) is 0 Å². The number of carbonyl (C=O) groups is 11. The Morgan fingerprint density at radius 1 is 0.551 bits per heavy atom. The number of aliphatic hydroxyl groups is 8. The van der Waals surface area contributed by atoms with Gasteiger partial charge in [0.25, 0.3) is 11.8 Å². The van der Waals surface area contributed by atoms with Gasteiger partial charge in [-0.25, -0.2) is 33.8 Å². The number of carboxylic acids is 2. The highest BCUT2D eigenvalue weighted by atomic mass is 16.7. The van der Waals surface area contributed by atoms with Crippen molar-refractivity contribution in [1.82, 2.24) is 25.8 Å². The van der Waals surface area contributed by atoms with Crippen LogP contribution in [0.2, 0.25) is 0 Å². The van der Waals surface area contributed by atoms with Gasteiger partial charge >= 0.3 is 30.2 Å². The highest BCUT2D eigenvalue weighted by Gasteiger charge is 2.53. The Labute approximate surface area is 793 Å². The number of benzene rings is 4. The summed E-state index contributed by atoms with van der Waals surface area (Å²) in [5, 5.41) is 119. The fraction of sp³-hybridized carbons (Fsp3) is 0.559. The Morgan fingerprint density at radius 2 is 1.06 bits per heavy atom. The molecular formula is C93H119N9O36. The van der Waals surface area contributed by atoms with Crippen molar-refractivity contribution in [3.63, 3.8) is 0 Å². The molecule has 19 atom stereocenters. The predicted octanol–water partition coefficient (Wildman–Crippen LogP) is 2.15. The van der Waals surface area contributed by atoms with Gasteiger partial charge in [0.1, 0.15) is 67.7 Å². The van der Waals surface area contributed by atoms with Crippen molar-refractivity contribution in [2.45, 2.75) is 196 Å². The first-order valence-electron chi connectivity index (χ1n) is 45.3. The number of alkyl carbamates (subject to hydrolysis) is 1. The van der Waals surface area contributed by atoms with Gasteiger partial charge < -0.3 is 159 Å². The monoisotopic (exact) mass is 1940 g/mol. The lowest BCUT2D eigenvalue weighted by molar-refractivity contribution is -0.294. The minimum atomic E-state index is -2.12. The molecule has 0 spiro atoms. The fourth-order valence-electron chi connectivity index (χ4n) is 17.1. The molecule has 6 heterocycles. The summed E-state index contributed by atoms with van der Waals surface area (Å²) < 4.78 is 85.5. The van der Waals surface area contributed by atoms with E-state index in [1.807, 2.05) is 0 Å². The molecule has 2 aliphatic carbocycles. The standard InChI is InChI=1S/C93H119N9O36/c1-48(2)72(95-51(5)103)82(112)98-62(47-132-89-77(109)73(105)75(107)79(137-89)87(117)118)81(111)96-54-20-19-53(61(37-54)97-71(104)23-27-126-29-31-128-33-34-129-32-30-127-28-24-94-91(121)133-46-60-56-15-11-8-9-12-16-57(56)60)45-135-93(123)102-64-41-70(68(125-7)39-59(64)84(114)100-43-50(4)36-66(100)86(102)116)131-26-14-10-13-25-130-69-40-63-58(38-67(69)124-6)83(113)99-42-49(3)35-65(99)85(115)101(63)92(122)134-44-52-17-21-55(22-18-52)136-90-78(110)74(106)76(108)80(138-90)88(119)120/h17-22,37-41,48,56-57,60,62,65-66,72-80,85-86,89-90,105-110,115-116H,3-4,10-16,23-36,42-47H2,1-2,5-7H3,(H,94,121)(H,95,103)(H,96,111)(H,97,104)(H,98,112)(H,117,118)(H,119,120)/t56-,57+,60?,62-,65-,66-,72-,73-,74-,75-,76-,77+,78+,79-,80-,85-,86-,89+,90+/m0/s1. The highest BCUT2D eigenvalue weighted by Crippen LogP contribution is 2.53. The van der Waals surface area contributed by atoms with E-state index in [2.05, 4.69) is 51.6 Å². The molecule has 0 radical (unpaired) electrons. The lowest BCUT2D eigenvalue weighted by Crippen LogP contribution is -2.61. The van der Waals surface area contributed by atoms with Gasteiger partial charge in [-0.1, -0.05) is 56.4 Å². The van der Waals surface area contributed by atoms with Crippen molar-refractivity contribution >= 4 is 88.4 Å². The molecule has 6 aliphatic heterocycles. The first-order chi connectivity index (χ1) is 66.1. The molecule has 4 aromatic carbocycles. The number of nitrogens with one attached hydrogen (secondary N) is 5. The topological polar surface area (TPSA) is 602 Å². The van der Waals surface area contributed by atoms with Crippen LogP contribution < -0.4 is 60.1 Å². The third kappa shape index (κ3) is 26.5. The smallest absolute Gasteiger partial charge is 0.416 e. The van der Waals surface area contributed by atoms with Crippen LogP contribution >= 0.6 is 0 Å². The van der Waals surface area contributed by atoms with Gasteiger partial charge in [-0.3, -0.25) is 28.8 Å². The van der Waals surface area contributed by atoms with E-state index in [0.29, 0.717) is 60.3 Å². The van der Waals surface area contributed by atoms with E-state index in [-0.39, 0.29) is 173 Å². The second-order valence-corrected chi connectivity index (χ2v) is 34.5. The summed E-state index contributed by atoms with van der Waals surface area (Å²) in [6.45, 7) is 12.4. The van der Waals surface area contributed by atoms with E-state index in [1.54, 1.807) is 13.8 Å². The summed E-state index contributed by atoms with van der Waals surface area (Å²) in [5.41, 5.74) is 1.03. The molecule has 0 aromatic heterocycles. The molecule has 4 aromatic rings. The number of hydrogen-bond acceptors (Lipinski definition) is 34. The highest BCUT2D eigenvalue weighted by molar-refractivity contribution is 6.08. The number of anilines is 4. The second kappa shape index (κ2) is 48.9. The van der Waals surface area contributed by atoms with Crippen molar-refractivity contribution in [2.75, 3.05) is 134 Å². The van der Waals surface area contributed by atoms with Crippen LogP contribution in [0.5, 0.6) is 28.7 Å². The van der Waals surface area contributed by atoms with Crippen molar-refractivity contribution in [3.05, 3.63) is 113 Å². The molecule has 0 bridgehead atoms. The van der Waals surface area contributed by atoms with Gasteiger partial charge in [-0.05, 0) is 111 Å². The quantitative estimate of drug-likeness (QED) is 0.0130. The number of ether oxygens (including phenoxy) is 15. The number of carboxylic acid groups (broad SMARTS) is 2. The van der Waals surface area contributed by atoms with Gasteiger partial charge in [0.05, 0.1) is 135 Å². The summed E-state index contributed by atoms with van der Waals surface area (Å²) in [4.78, 5) is 154. The summed E-state index contributed by atoms with van der Waals surface area (Å²) >= 11 is 0. The summed E-state index contributed by atoms with van der Waals surface area (Å²) in [5.74, 6) is -0.174. The number of aliphatic carboxylic acids is 2. The molecule has 45 heteroatoms. The molecular weight excluding hydrogens is 1820 g/mol. The van der Waals surface area contributed by atoms with Gasteiger partial charge in [0, 0.05) is 68.5 Å². The SMILES string of the molecule is C=C1C[C@H]2[C@H](O)N(C(=O)OCc3ccc(O[C@@H]4O[C@H](C(=O)O)[C@@H](O)[C@H](O)[C@H]4O)cc3)c3cc(OCCCCCOc4cc5c(cc4OC)C(=O)N4CC(=C)C[C@H]4[C@H](O)N5C(=O)OCc4ccc(NC(=O)[C@H](CO[C@@H]5O[C@H](C(=O)O)[C@@H](O)[C@H](O)[C@H]5O)NC(=O)[C@@H](NC(C)=O)C(C)C)cc4NC(=O)CCOCCOCCOCCOCCNC(=O)OCC4[C@H]5CCC#CCC[C@@H]45)c(OC)cc3C(=O)N2C1. The van der Waals surface area contributed by atoms with Crippen LogP contribution in [0.3, 0.4) is 0 Å². The van der Waals surface area contributed by atoms with Crippen molar-refractivity contribution in [2.24, 2.45) is 23.7 Å². The lowest BCUT2D eigenvalue weighted by atomic mass is 9.99. The Morgan fingerprint density at radius 3 is 1.57 bits per heavy atom. The van der Waals surface area contributed by atoms with E-state index < -0.39 is 189 Å². The van der Waals surface area contributed by atoms with E-state index in [0.717, 1.165) is 42.4 Å². The van der Waals surface area contributed by atoms with Crippen LogP contribution in [0, 0.1) is 35.5 Å². The Balaban J connectivity index is 0.687. The zero-order valence-corrected chi connectivity index (χ0v) is 76.8. The number of fused-ring (bicyclic) bond motifs is 5. The maximum Gasteiger partial charge on any atom is 0.416 e. The number of amides is 9. The van der Waals surface area contributed by atoms with E-state index in [1.165, 1.54) is 90.7 Å². The third-order valence-corrected chi connectivity index (χ3v) is 24.5. The second-order valence-electron chi connectivity index (χ2n) is 34.5. The molecule has 138 heavy (non-hydrogen) atoms. The number of aliphatic hydroxyl groups excluding tert-OH is 8. The van der Waals surface area contributed by atoms with Crippen molar-refractivity contribution < 1.29 is 175 Å². The molecule has 752 valence electrons. The molecule has 4 saturated heterocycles. The van der Waals surface area contributed by atoms with Crippen molar-refractivity contribution in [1.29, 1.82) is 0 Å². The molecule has 9 amide bonds. The first-order valence-corrected chi connectivity index (χ1v) is 45.3. The molecule has 1 saturated carbocycles. The minimum Gasteiger partial charge on any atom is -0.493 e. The summed E-state index contributed by atoms with van der Waals surface area (Å²) in [7, 11) is 2.68. The van der Waals surface area contributed by atoms with Crippen LogP contribution in [0.4, 0.5) is 37.1 Å². The fourth-order valence-corrected chi connectivity index (χ4v) is 17.1. The summed E-state index contributed by atoms with van der Waals surface area (Å²) in [6, 6.07) is 10.0. The van der Waals surface area contributed by atoms with Crippen LogP contribution in [-0.4, -0.2) is 338 Å². The normalized spacial score (nSPS) is 25.1. The Bertz CT molecular complexity index is 5070. The maximum atomic E-state index is 15.1. The molecule has 8 aliphatic rings. The molecule has 12 rings (SSSR count). The molecule has 5 fully saturated rings. The van der Waals surface area contributed by atoms with E-state index in [9.17, 15) is 99.0 Å². The molecule has 15 N–H and O–H groups in total. The number of unbranched alkanes of at least 4 members (excludes halogenated alkanes) is 2. The largest absolute Gasteiger partial charge is 0.493 e. The predicted molar refractivity (Wildman–Crippen MR) is 479 cm³/mol. The van der Waals surface area contributed by atoms with E-state index in [4.69, 9.17) is 71.1 Å². The van der Waals surface area contributed by atoms with Gasteiger partial charge in [0.15, 0.2) is 54.0 Å². The van der Waals surface area contributed by atoms with Crippen LogP contribution in [0.25, 0.3) is 0 Å². The number of rotatable bonds is 45. The summed E-state index contributed by atoms with van der Waals surface area (Å²) in [6.07, 6.45) is -21.1. The third-order valence-electron chi connectivity index (χ3n) is 24.5.